The molecule has 4 unspecified atom stereocenters. The van der Waals surface area contributed by atoms with Gasteiger partial charge in [-0.2, -0.15) is 0 Å². The van der Waals surface area contributed by atoms with Crippen LogP contribution < -0.4 is 0 Å². The highest BCUT2D eigenvalue weighted by atomic mass is 16.4. The molecule has 2 aliphatic rings. The van der Waals surface area contributed by atoms with Crippen molar-refractivity contribution < 1.29 is 9.90 Å². The zero-order chi connectivity index (χ0) is 9.42. The van der Waals surface area contributed by atoms with Gasteiger partial charge in [0.2, 0.25) is 0 Å². The van der Waals surface area contributed by atoms with E-state index in [0.717, 1.165) is 12.3 Å². The Morgan fingerprint density at radius 2 is 2.31 bits per heavy atom. The van der Waals surface area contributed by atoms with E-state index in [1.165, 1.54) is 12.8 Å². The van der Waals surface area contributed by atoms with E-state index in [0.29, 0.717) is 11.8 Å². The van der Waals surface area contributed by atoms with Crippen molar-refractivity contribution in [3.63, 3.8) is 0 Å². The Labute approximate surface area is 78.6 Å². The lowest BCUT2D eigenvalue weighted by atomic mass is 9.86. The smallest absolute Gasteiger partial charge is 0.306 e. The van der Waals surface area contributed by atoms with E-state index in [2.05, 4.69) is 12.2 Å². The molecule has 72 valence electrons. The zero-order valence-corrected chi connectivity index (χ0v) is 7.94. The van der Waals surface area contributed by atoms with Gasteiger partial charge in [-0.05, 0) is 37.0 Å². The van der Waals surface area contributed by atoms with Gasteiger partial charge in [-0.25, -0.2) is 0 Å². The highest BCUT2D eigenvalue weighted by molar-refractivity contribution is 5.69. The molecule has 2 rings (SSSR count). The molecule has 1 saturated carbocycles. The number of hydrogen-bond acceptors (Lipinski definition) is 1. The third kappa shape index (κ3) is 1.62. The first kappa shape index (κ1) is 8.79. The van der Waals surface area contributed by atoms with Crippen molar-refractivity contribution in [1.82, 2.24) is 0 Å². The Morgan fingerprint density at radius 3 is 2.77 bits per heavy atom. The Morgan fingerprint density at radius 1 is 1.54 bits per heavy atom. The minimum atomic E-state index is -0.647. The van der Waals surface area contributed by atoms with Crippen molar-refractivity contribution in [3.8, 4) is 0 Å². The second-order valence-electron chi connectivity index (χ2n) is 4.52. The maximum absolute atomic E-state index is 10.7. The number of hydrogen-bond donors (Lipinski definition) is 1. The zero-order valence-electron chi connectivity index (χ0n) is 7.94. The summed E-state index contributed by atoms with van der Waals surface area (Å²) in [6, 6.07) is 0. The third-order valence-corrected chi connectivity index (χ3v) is 3.49. The van der Waals surface area contributed by atoms with E-state index in [4.69, 9.17) is 5.11 Å². The van der Waals surface area contributed by atoms with Gasteiger partial charge in [0, 0.05) is 0 Å². The normalized spacial score (nSPS) is 38.1. The van der Waals surface area contributed by atoms with E-state index < -0.39 is 5.97 Å². The second-order valence-corrected chi connectivity index (χ2v) is 4.52. The van der Waals surface area contributed by atoms with Gasteiger partial charge in [0.05, 0.1) is 5.92 Å². The fraction of sp³-hybridized carbons (Fsp3) is 0.727. The summed E-state index contributed by atoms with van der Waals surface area (Å²) < 4.78 is 0. The third-order valence-electron chi connectivity index (χ3n) is 3.49. The molecule has 2 heteroatoms. The van der Waals surface area contributed by atoms with Gasteiger partial charge in [-0.3, -0.25) is 4.79 Å². The van der Waals surface area contributed by atoms with Crippen LogP contribution in [0.5, 0.6) is 0 Å². The van der Waals surface area contributed by atoms with Crippen LogP contribution in [0.15, 0.2) is 12.2 Å². The summed E-state index contributed by atoms with van der Waals surface area (Å²) in [4.78, 5) is 10.7. The predicted octanol–water partition coefficient (Wildman–Crippen LogP) is 2.31. The molecule has 0 spiro atoms. The first-order valence-electron chi connectivity index (χ1n) is 5.08. The van der Waals surface area contributed by atoms with Gasteiger partial charge in [0.1, 0.15) is 0 Å². The van der Waals surface area contributed by atoms with E-state index in [9.17, 15) is 4.79 Å². The van der Waals surface area contributed by atoms with Crippen molar-refractivity contribution >= 4 is 5.97 Å². The highest BCUT2D eigenvalue weighted by Crippen LogP contribution is 2.45. The standard InChI is InChI=1S/C11H16O2/c1-7(11(12)13)4-10-6-8-2-3-9(10)5-8/h2-3,7-10H,4-6H2,1H3,(H,12,13). The number of rotatable bonds is 3. The molecule has 0 amide bonds. The fourth-order valence-corrected chi connectivity index (χ4v) is 2.72. The Hall–Kier alpha value is -0.790. The molecule has 2 bridgehead atoms. The maximum Gasteiger partial charge on any atom is 0.306 e. The Balaban J connectivity index is 1.90. The van der Waals surface area contributed by atoms with Crippen LogP contribution >= 0.6 is 0 Å². The van der Waals surface area contributed by atoms with Crippen LogP contribution in [0.2, 0.25) is 0 Å². The maximum atomic E-state index is 10.7. The monoisotopic (exact) mass is 180 g/mol. The number of fused-ring (bicyclic) bond motifs is 2. The summed E-state index contributed by atoms with van der Waals surface area (Å²) in [7, 11) is 0. The predicted molar refractivity (Wildman–Crippen MR) is 50.3 cm³/mol. The van der Waals surface area contributed by atoms with Crippen LogP contribution in [0.3, 0.4) is 0 Å². The van der Waals surface area contributed by atoms with E-state index >= 15 is 0 Å². The number of carboxylic acid groups (broad SMARTS) is 1. The van der Waals surface area contributed by atoms with Gasteiger partial charge in [-0.15, -0.1) is 0 Å². The highest BCUT2D eigenvalue weighted by Gasteiger charge is 2.36. The largest absolute Gasteiger partial charge is 0.481 e. The molecule has 4 atom stereocenters. The first-order valence-corrected chi connectivity index (χ1v) is 5.08. The van der Waals surface area contributed by atoms with Gasteiger partial charge >= 0.3 is 5.97 Å². The average Bonchev–Trinajstić information content (AvgIpc) is 2.64. The summed E-state index contributed by atoms with van der Waals surface area (Å²) in [5.74, 6) is 1.27. The van der Waals surface area contributed by atoms with Crippen molar-refractivity contribution in [3.05, 3.63) is 12.2 Å². The van der Waals surface area contributed by atoms with Crippen LogP contribution in [0.4, 0.5) is 0 Å². The van der Waals surface area contributed by atoms with Crippen LogP contribution in [-0.4, -0.2) is 11.1 Å². The minimum Gasteiger partial charge on any atom is -0.481 e. The quantitative estimate of drug-likeness (QED) is 0.677. The molecule has 0 aromatic heterocycles. The molecule has 0 aromatic carbocycles. The van der Waals surface area contributed by atoms with E-state index in [1.807, 2.05) is 6.92 Å². The molecular formula is C11H16O2. The van der Waals surface area contributed by atoms with Gasteiger partial charge in [0.15, 0.2) is 0 Å². The Bertz CT molecular complexity index is 244. The lowest BCUT2D eigenvalue weighted by Crippen LogP contribution is -2.17. The summed E-state index contributed by atoms with van der Waals surface area (Å²) in [6.07, 6.45) is 7.94. The first-order chi connectivity index (χ1) is 6.16. The van der Waals surface area contributed by atoms with E-state index in [-0.39, 0.29) is 5.92 Å². The molecule has 1 fully saturated rings. The summed E-state index contributed by atoms with van der Waals surface area (Å²) in [6.45, 7) is 1.82. The number of aliphatic carboxylic acids is 1. The lowest BCUT2D eigenvalue weighted by Gasteiger charge is -2.19. The van der Waals surface area contributed by atoms with Crippen LogP contribution in [0, 0.1) is 23.7 Å². The summed E-state index contributed by atoms with van der Waals surface area (Å²) in [5.41, 5.74) is 0. The Kier molecular flexibility index (Phi) is 2.14. The molecule has 2 nitrogen and oxygen atoms in total. The van der Waals surface area contributed by atoms with Crippen molar-refractivity contribution in [2.45, 2.75) is 26.2 Å². The van der Waals surface area contributed by atoms with Crippen molar-refractivity contribution in [1.29, 1.82) is 0 Å². The molecule has 13 heavy (non-hydrogen) atoms. The number of carboxylic acids is 1. The molecule has 0 saturated heterocycles. The molecule has 1 N–H and O–H groups in total. The molecule has 0 radical (unpaired) electrons. The van der Waals surface area contributed by atoms with E-state index in [1.54, 1.807) is 0 Å². The van der Waals surface area contributed by atoms with Gasteiger partial charge in [0.25, 0.3) is 0 Å². The van der Waals surface area contributed by atoms with Crippen molar-refractivity contribution in [2.75, 3.05) is 0 Å². The fourth-order valence-electron chi connectivity index (χ4n) is 2.72. The molecule has 2 aliphatic carbocycles. The number of carbonyl (C=O) groups is 1. The van der Waals surface area contributed by atoms with Crippen LogP contribution in [-0.2, 0) is 4.79 Å². The summed E-state index contributed by atoms with van der Waals surface area (Å²) in [5, 5.41) is 8.79. The molecule has 0 aliphatic heterocycles. The van der Waals surface area contributed by atoms with Crippen LogP contribution in [0.1, 0.15) is 26.2 Å². The second kappa shape index (κ2) is 3.17. The average molecular weight is 180 g/mol. The summed E-state index contributed by atoms with van der Waals surface area (Å²) >= 11 is 0. The topological polar surface area (TPSA) is 37.3 Å². The molecular weight excluding hydrogens is 164 g/mol. The number of allylic oxidation sites excluding steroid dienone is 2. The SMILES string of the molecule is CC(CC1CC2C=CC1C2)C(=O)O. The lowest BCUT2D eigenvalue weighted by molar-refractivity contribution is -0.141. The molecule has 0 aromatic rings. The van der Waals surface area contributed by atoms with Crippen molar-refractivity contribution in [2.24, 2.45) is 23.7 Å². The van der Waals surface area contributed by atoms with Gasteiger partial charge < -0.3 is 5.11 Å². The molecule has 0 heterocycles. The van der Waals surface area contributed by atoms with Gasteiger partial charge in [-0.1, -0.05) is 19.1 Å². The minimum absolute atomic E-state index is 0.169. The van der Waals surface area contributed by atoms with Crippen LogP contribution in [0.25, 0.3) is 0 Å².